The van der Waals surface area contributed by atoms with Gasteiger partial charge in [0.15, 0.2) is 0 Å². The van der Waals surface area contributed by atoms with Gasteiger partial charge in [-0.2, -0.15) is 0 Å². The number of Topliss-reactive ketones (excluding diaryl/α,β-unsaturated/α-hetero) is 1. The summed E-state index contributed by atoms with van der Waals surface area (Å²) in [6, 6.07) is 0. The van der Waals surface area contributed by atoms with Crippen molar-refractivity contribution >= 4 is 11.7 Å². The van der Waals surface area contributed by atoms with Gasteiger partial charge in [-0.25, -0.2) is 0 Å². The van der Waals surface area contributed by atoms with E-state index in [-0.39, 0.29) is 11.8 Å². The van der Waals surface area contributed by atoms with Crippen molar-refractivity contribution in [2.75, 3.05) is 52.4 Å². The molecule has 5 nitrogen and oxygen atoms in total. The molecule has 2 heterocycles. The van der Waals surface area contributed by atoms with Crippen LogP contribution in [-0.2, 0) is 9.59 Å². The SMILES string of the molecule is CCCC(=O)C1CCN(C(=O)CN2CCN(CC)CC2)CC1. The highest BCUT2D eigenvalue weighted by atomic mass is 16.2. The molecule has 2 aliphatic heterocycles. The Morgan fingerprint density at radius 1 is 0.909 bits per heavy atom. The summed E-state index contributed by atoms with van der Waals surface area (Å²) in [5, 5.41) is 0. The van der Waals surface area contributed by atoms with E-state index in [9.17, 15) is 9.59 Å². The van der Waals surface area contributed by atoms with Crippen molar-refractivity contribution < 1.29 is 9.59 Å². The number of amides is 1. The van der Waals surface area contributed by atoms with Crippen molar-refractivity contribution in [2.24, 2.45) is 5.92 Å². The molecule has 0 unspecified atom stereocenters. The summed E-state index contributed by atoms with van der Waals surface area (Å²) < 4.78 is 0. The van der Waals surface area contributed by atoms with Crippen LogP contribution in [0.1, 0.15) is 39.5 Å². The Hall–Kier alpha value is -0.940. The van der Waals surface area contributed by atoms with Crippen LogP contribution in [0.3, 0.4) is 0 Å². The van der Waals surface area contributed by atoms with Crippen LogP contribution in [0.4, 0.5) is 0 Å². The lowest BCUT2D eigenvalue weighted by Crippen LogP contribution is -2.51. The molecule has 0 aromatic heterocycles. The largest absolute Gasteiger partial charge is 0.342 e. The smallest absolute Gasteiger partial charge is 0.236 e. The minimum Gasteiger partial charge on any atom is -0.342 e. The highest BCUT2D eigenvalue weighted by Gasteiger charge is 2.28. The zero-order chi connectivity index (χ0) is 15.9. The molecular formula is C17H31N3O2. The number of nitrogens with zero attached hydrogens (tertiary/aromatic N) is 3. The zero-order valence-corrected chi connectivity index (χ0v) is 14.2. The van der Waals surface area contributed by atoms with Crippen LogP contribution in [0.2, 0.25) is 0 Å². The van der Waals surface area contributed by atoms with Crippen LogP contribution >= 0.6 is 0 Å². The molecular weight excluding hydrogens is 278 g/mol. The molecule has 2 rings (SSSR count). The lowest BCUT2D eigenvalue weighted by atomic mass is 9.90. The quantitative estimate of drug-likeness (QED) is 0.740. The van der Waals surface area contributed by atoms with E-state index in [2.05, 4.69) is 23.6 Å². The van der Waals surface area contributed by atoms with Crippen molar-refractivity contribution in [3.63, 3.8) is 0 Å². The molecule has 0 radical (unpaired) electrons. The predicted octanol–water partition coefficient (Wildman–Crippen LogP) is 1.23. The second kappa shape index (κ2) is 8.63. The number of hydrogen-bond acceptors (Lipinski definition) is 4. The Balaban J connectivity index is 1.70. The number of carbonyl (C=O) groups is 2. The molecule has 0 spiro atoms. The van der Waals surface area contributed by atoms with Gasteiger partial charge in [0.2, 0.25) is 5.91 Å². The predicted molar refractivity (Wildman–Crippen MR) is 87.8 cm³/mol. The molecule has 2 fully saturated rings. The van der Waals surface area contributed by atoms with E-state index in [0.29, 0.717) is 18.7 Å². The number of hydrogen-bond donors (Lipinski definition) is 0. The van der Waals surface area contributed by atoms with Crippen LogP contribution in [-0.4, -0.2) is 78.7 Å². The topological polar surface area (TPSA) is 43.9 Å². The van der Waals surface area contributed by atoms with Gasteiger partial charge in [0.05, 0.1) is 6.54 Å². The Kier molecular flexibility index (Phi) is 6.83. The third-order valence-electron chi connectivity index (χ3n) is 5.07. The maximum Gasteiger partial charge on any atom is 0.236 e. The molecule has 2 aliphatic rings. The molecule has 0 bridgehead atoms. The van der Waals surface area contributed by atoms with Crippen LogP contribution in [0.5, 0.6) is 0 Å². The van der Waals surface area contributed by atoms with E-state index >= 15 is 0 Å². The van der Waals surface area contributed by atoms with E-state index in [1.54, 1.807) is 0 Å². The molecule has 22 heavy (non-hydrogen) atoms. The van der Waals surface area contributed by atoms with Crippen molar-refractivity contribution in [1.82, 2.24) is 14.7 Å². The maximum atomic E-state index is 12.4. The molecule has 0 saturated carbocycles. The number of rotatable bonds is 6. The number of carbonyl (C=O) groups excluding carboxylic acids is 2. The summed E-state index contributed by atoms with van der Waals surface area (Å²) >= 11 is 0. The third kappa shape index (κ3) is 4.78. The molecule has 0 aromatic carbocycles. The van der Waals surface area contributed by atoms with Crippen LogP contribution in [0, 0.1) is 5.92 Å². The summed E-state index contributed by atoms with van der Waals surface area (Å²) in [5.74, 6) is 0.828. The number of likely N-dealkylation sites (tertiary alicyclic amines) is 1. The molecule has 0 atom stereocenters. The van der Waals surface area contributed by atoms with Gasteiger partial charge in [-0.05, 0) is 25.8 Å². The van der Waals surface area contributed by atoms with E-state index in [0.717, 1.165) is 65.1 Å². The zero-order valence-electron chi connectivity index (χ0n) is 14.2. The van der Waals surface area contributed by atoms with Crippen LogP contribution in [0.25, 0.3) is 0 Å². The average Bonchev–Trinajstić information content (AvgIpc) is 2.56. The summed E-state index contributed by atoms with van der Waals surface area (Å²) in [7, 11) is 0. The summed E-state index contributed by atoms with van der Waals surface area (Å²) in [5.41, 5.74) is 0. The number of piperidine rings is 1. The minimum atomic E-state index is 0.192. The fraction of sp³-hybridized carbons (Fsp3) is 0.882. The first-order chi connectivity index (χ1) is 10.6. The van der Waals surface area contributed by atoms with Gasteiger partial charge >= 0.3 is 0 Å². The first-order valence-corrected chi connectivity index (χ1v) is 8.89. The Morgan fingerprint density at radius 2 is 1.50 bits per heavy atom. The molecule has 5 heteroatoms. The molecule has 0 aliphatic carbocycles. The Bertz CT molecular complexity index is 370. The van der Waals surface area contributed by atoms with Gasteiger partial charge in [0.1, 0.15) is 5.78 Å². The number of likely N-dealkylation sites (N-methyl/N-ethyl adjacent to an activating group) is 1. The highest BCUT2D eigenvalue weighted by Crippen LogP contribution is 2.20. The monoisotopic (exact) mass is 309 g/mol. The van der Waals surface area contributed by atoms with Gasteiger partial charge in [-0.1, -0.05) is 13.8 Å². The summed E-state index contributed by atoms with van der Waals surface area (Å²) in [6.45, 7) is 11.5. The van der Waals surface area contributed by atoms with E-state index in [1.165, 1.54) is 0 Å². The van der Waals surface area contributed by atoms with Crippen molar-refractivity contribution in [1.29, 1.82) is 0 Å². The molecule has 0 aromatic rings. The van der Waals surface area contributed by atoms with E-state index in [1.807, 2.05) is 4.90 Å². The van der Waals surface area contributed by atoms with E-state index < -0.39 is 0 Å². The summed E-state index contributed by atoms with van der Waals surface area (Å²) in [4.78, 5) is 31.0. The molecule has 1 amide bonds. The van der Waals surface area contributed by atoms with Gasteiger partial charge in [-0.15, -0.1) is 0 Å². The van der Waals surface area contributed by atoms with Crippen molar-refractivity contribution in [3.05, 3.63) is 0 Å². The number of ketones is 1. The van der Waals surface area contributed by atoms with E-state index in [4.69, 9.17) is 0 Å². The molecule has 126 valence electrons. The second-order valence-corrected chi connectivity index (χ2v) is 6.58. The Labute approximate surface area is 134 Å². The standard InChI is InChI=1S/C17H31N3O2/c1-3-5-16(21)15-6-8-20(9-7-15)17(22)14-19-12-10-18(4-2)11-13-19/h15H,3-14H2,1-2H3. The van der Waals surface area contributed by atoms with Crippen molar-refractivity contribution in [2.45, 2.75) is 39.5 Å². The Morgan fingerprint density at radius 3 is 2.05 bits per heavy atom. The van der Waals surface area contributed by atoms with Gasteiger partial charge in [-0.3, -0.25) is 14.5 Å². The molecule has 0 N–H and O–H groups in total. The van der Waals surface area contributed by atoms with Crippen molar-refractivity contribution in [3.8, 4) is 0 Å². The second-order valence-electron chi connectivity index (χ2n) is 6.58. The molecule has 2 saturated heterocycles. The first kappa shape index (κ1) is 17.4. The van der Waals surface area contributed by atoms with Gasteiger partial charge in [0, 0.05) is 51.6 Å². The minimum absolute atomic E-state index is 0.192. The lowest BCUT2D eigenvalue weighted by molar-refractivity contribution is -0.136. The highest BCUT2D eigenvalue weighted by molar-refractivity contribution is 5.82. The first-order valence-electron chi connectivity index (χ1n) is 8.89. The lowest BCUT2D eigenvalue weighted by Gasteiger charge is -2.36. The number of piperazine rings is 1. The fourth-order valence-corrected chi connectivity index (χ4v) is 3.46. The maximum absolute atomic E-state index is 12.4. The fourth-order valence-electron chi connectivity index (χ4n) is 3.46. The summed E-state index contributed by atoms with van der Waals surface area (Å²) in [6.07, 6.45) is 3.34. The third-order valence-corrected chi connectivity index (χ3v) is 5.07. The van der Waals surface area contributed by atoms with Crippen LogP contribution < -0.4 is 0 Å². The van der Waals surface area contributed by atoms with Crippen LogP contribution in [0.15, 0.2) is 0 Å². The normalized spacial score (nSPS) is 22.0. The van der Waals surface area contributed by atoms with Gasteiger partial charge in [0.25, 0.3) is 0 Å². The van der Waals surface area contributed by atoms with Gasteiger partial charge < -0.3 is 9.80 Å². The average molecular weight is 309 g/mol.